The molecule has 0 radical (unpaired) electrons. The number of aliphatic hydroxyl groups is 1. The zero-order valence-electron chi connectivity index (χ0n) is 26.3. The summed E-state index contributed by atoms with van der Waals surface area (Å²) >= 11 is 0. The Morgan fingerprint density at radius 1 is 0.958 bits per heavy atom. The highest BCUT2D eigenvalue weighted by molar-refractivity contribution is 6.24. The van der Waals surface area contributed by atoms with Crippen molar-refractivity contribution in [2.24, 2.45) is 4.99 Å². The van der Waals surface area contributed by atoms with Gasteiger partial charge in [0.15, 0.2) is 30.0 Å². The van der Waals surface area contributed by atoms with Crippen LogP contribution in [0.5, 0.6) is 5.88 Å². The minimum atomic E-state index is -1.53. The molecule has 0 saturated carbocycles. The molecule has 15 heteroatoms. The molecule has 3 unspecified atom stereocenters. The monoisotopic (exact) mass is 661 g/mol. The van der Waals surface area contributed by atoms with Gasteiger partial charge in [-0.05, 0) is 12.1 Å². The van der Waals surface area contributed by atoms with Gasteiger partial charge in [0.05, 0.1) is 23.3 Å². The molecule has 1 aromatic carbocycles. The lowest BCUT2D eigenvalue weighted by Crippen LogP contribution is -2.60. The predicted octanol–water partition coefficient (Wildman–Crippen LogP) is 0.0902. The van der Waals surface area contributed by atoms with Gasteiger partial charge in [0.25, 0.3) is 5.91 Å². The third kappa shape index (κ3) is 6.75. The number of carbonyl (C=O) groups excluding carboxylic acids is 5. The standard InChI is InChI=1S/C33H31N3O12/c1-16(38)44-15-24-27(45-17(2)39)28(46-18(3)40)29(47-19(4)41)33(48-24)36-23-11-6-5-10-21(23)26(32(36)43)25-22-13-20(9-7-8-12-37)14-34-30(22)35-31(25)42/h5-6,10-11,13-14,24,27-29,33,37,43H,8,12,15H2,1-4H3/t24?,27-,28?,29?,33-/m1/s1. The van der Waals surface area contributed by atoms with Crippen LogP contribution in [0.25, 0.3) is 16.5 Å². The largest absolute Gasteiger partial charge is 0.494 e. The lowest BCUT2D eigenvalue weighted by molar-refractivity contribution is -0.268. The third-order valence-corrected chi connectivity index (χ3v) is 7.38. The number of pyridine rings is 1. The summed E-state index contributed by atoms with van der Waals surface area (Å²) in [6, 6.07) is 8.18. The van der Waals surface area contributed by atoms with Gasteiger partial charge in [0.2, 0.25) is 5.88 Å². The number of carbonyl (C=O) groups is 5. The number of fused-ring (bicyclic) bond motifs is 2. The Morgan fingerprint density at radius 2 is 1.62 bits per heavy atom. The van der Waals surface area contributed by atoms with E-state index in [2.05, 4.69) is 21.8 Å². The maximum Gasteiger partial charge on any atom is 0.303 e. The van der Waals surface area contributed by atoms with E-state index in [1.165, 1.54) is 10.8 Å². The fourth-order valence-corrected chi connectivity index (χ4v) is 5.70. The van der Waals surface area contributed by atoms with Gasteiger partial charge in [0, 0.05) is 56.5 Å². The first-order valence-electron chi connectivity index (χ1n) is 14.8. The number of rotatable bonds is 8. The first-order valence-corrected chi connectivity index (χ1v) is 14.8. The van der Waals surface area contributed by atoms with Crippen molar-refractivity contribution in [1.82, 2.24) is 9.55 Å². The Kier molecular flexibility index (Phi) is 9.87. The average molecular weight is 662 g/mol. The minimum Gasteiger partial charge on any atom is -0.494 e. The average Bonchev–Trinajstić information content (AvgIpc) is 3.49. The van der Waals surface area contributed by atoms with Crippen LogP contribution in [0, 0.1) is 11.8 Å². The van der Waals surface area contributed by atoms with Crippen LogP contribution in [-0.2, 0) is 47.7 Å². The van der Waals surface area contributed by atoms with Crippen molar-refractivity contribution in [3.05, 3.63) is 58.4 Å². The summed E-state index contributed by atoms with van der Waals surface area (Å²) in [4.78, 5) is 70.5. The Bertz CT molecular complexity index is 2010. The summed E-state index contributed by atoms with van der Waals surface area (Å²) in [6.07, 6.45) is -5.57. The number of amides is 1. The molecule has 0 aliphatic carbocycles. The predicted molar refractivity (Wildman–Crippen MR) is 162 cm³/mol. The topological polar surface area (TPSA) is 202 Å². The summed E-state index contributed by atoms with van der Waals surface area (Å²) in [5.74, 6) is 1.33. The smallest absolute Gasteiger partial charge is 0.303 e. The molecule has 0 bridgehead atoms. The van der Waals surface area contributed by atoms with Gasteiger partial charge >= 0.3 is 23.9 Å². The highest BCUT2D eigenvalue weighted by atomic mass is 16.7. The molecule has 48 heavy (non-hydrogen) atoms. The zero-order chi connectivity index (χ0) is 34.7. The molecule has 1 amide bonds. The van der Waals surface area contributed by atoms with Crippen LogP contribution in [0.2, 0.25) is 0 Å². The van der Waals surface area contributed by atoms with Crippen LogP contribution in [0.3, 0.4) is 0 Å². The van der Waals surface area contributed by atoms with Gasteiger partial charge in [0.1, 0.15) is 12.7 Å². The van der Waals surface area contributed by atoms with E-state index in [0.29, 0.717) is 16.5 Å². The Morgan fingerprint density at radius 3 is 2.29 bits per heavy atom. The molecule has 15 nitrogen and oxygen atoms in total. The van der Waals surface area contributed by atoms with Gasteiger partial charge in [-0.3, -0.25) is 28.5 Å². The number of aromatic nitrogens is 2. The Balaban J connectivity index is 1.76. The van der Waals surface area contributed by atoms with E-state index < -0.39 is 72.9 Å². The summed E-state index contributed by atoms with van der Waals surface area (Å²) in [5, 5.41) is 21.8. The minimum absolute atomic E-state index is 0.00129. The molecule has 1 fully saturated rings. The molecule has 2 aromatic heterocycles. The highest BCUT2D eigenvalue weighted by Crippen LogP contribution is 2.43. The van der Waals surface area contributed by atoms with Crippen LogP contribution in [0.15, 0.2) is 41.5 Å². The number of aliphatic hydroxyl groups excluding tert-OH is 1. The van der Waals surface area contributed by atoms with Crippen LogP contribution in [0.1, 0.15) is 51.5 Å². The first kappa shape index (κ1) is 33.8. The van der Waals surface area contributed by atoms with Gasteiger partial charge in [-0.2, -0.15) is 4.99 Å². The van der Waals surface area contributed by atoms with E-state index in [1.54, 1.807) is 30.3 Å². The van der Waals surface area contributed by atoms with E-state index >= 15 is 0 Å². The molecule has 250 valence electrons. The third-order valence-electron chi connectivity index (χ3n) is 7.38. The van der Waals surface area contributed by atoms with Gasteiger partial charge < -0.3 is 33.9 Å². The fraction of sp³-hybridized carbons (Fsp3) is 0.364. The number of esters is 4. The van der Waals surface area contributed by atoms with Crippen LogP contribution in [-0.4, -0.2) is 87.2 Å². The van der Waals surface area contributed by atoms with E-state index in [9.17, 15) is 29.1 Å². The molecule has 4 heterocycles. The van der Waals surface area contributed by atoms with Crippen LogP contribution in [0.4, 0.5) is 0 Å². The second kappa shape index (κ2) is 14.0. The number of nitrogens with zero attached hydrogens (tertiary/aromatic N) is 3. The molecule has 5 rings (SSSR count). The van der Waals surface area contributed by atoms with E-state index in [-0.39, 0.29) is 34.9 Å². The zero-order valence-corrected chi connectivity index (χ0v) is 26.3. The molecular weight excluding hydrogens is 630 g/mol. The highest BCUT2D eigenvalue weighted by Gasteiger charge is 2.53. The van der Waals surface area contributed by atoms with Crippen LogP contribution >= 0.6 is 0 Å². The van der Waals surface area contributed by atoms with E-state index in [4.69, 9.17) is 28.8 Å². The first-order chi connectivity index (χ1) is 22.9. The number of ether oxygens (including phenoxy) is 5. The Labute approximate surface area is 272 Å². The maximum atomic E-state index is 13.4. The molecule has 2 aliphatic rings. The molecule has 1 saturated heterocycles. The lowest BCUT2D eigenvalue weighted by atomic mass is 9.97. The number of aromatic hydroxyl groups is 1. The second-order valence-electron chi connectivity index (χ2n) is 10.8. The number of hydrogen-bond donors (Lipinski definition) is 2. The number of benzene rings is 1. The van der Waals surface area contributed by atoms with Crippen molar-refractivity contribution < 1.29 is 57.9 Å². The van der Waals surface area contributed by atoms with E-state index in [1.807, 2.05) is 0 Å². The second-order valence-corrected chi connectivity index (χ2v) is 10.8. The molecule has 3 aromatic rings. The number of para-hydroxylation sites is 1. The van der Waals surface area contributed by atoms with Gasteiger partial charge in [-0.25, -0.2) is 4.98 Å². The van der Waals surface area contributed by atoms with Crippen molar-refractivity contribution in [2.45, 2.75) is 64.8 Å². The van der Waals surface area contributed by atoms with E-state index in [0.717, 1.165) is 27.7 Å². The Hall–Kier alpha value is -5.59. The van der Waals surface area contributed by atoms with Crippen molar-refractivity contribution in [3.63, 3.8) is 0 Å². The van der Waals surface area contributed by atoms with Crippen molar-refractivity contribution >= 4 is 46.3 Å². The normalized spacial score (nSPS) is 21.4. The van der Waals surface area contributed by atoms with Crippen LogP contribution < -0.4 is 10.7 Å². The van der Waals surface area contributed by atoms with Crippen molar-refractivity contribution in [2.75, 3.05) is 13.2 Å². The fourth-order valence-electron chi connectivity index (χ4n) is 5.70. The van der Waals surface area contributed by atoms with Crippen molar-refractivity contribution in [3.8, 4) is 17.7 Å². The molecule has 0 spiro atoms. The summed E-state index contributed by atoms with van der Waals surface area (Å²) in [6.45, 7) is 3.85. The summed E-state index contributed by atoms with van der Waals surface area (Å²) in [5.41, 5.74) is 0.889. The summed E-state index contributed by atoms with van der Waals surface area (Å²) < 4.78 is 29.4. The molecule has 2 N–H and O–H groups in total. The number of hydrogen-bond acceptors (Lipinski definition) is 13. The van der Waals surface area contributed by atoms with Gasteiger partial charge in [-0.1, -0.05) is 30.0 Å². The maximum absolute atomic E-state index is 13.4. The molecule has 5 atom stereocenters. The quantitative estimate of drug-likeness (QED) is 0.187. The lowest BCUT2D eigenvalue weighted by Gasteiger charge is -2.45. The summed E-state index contributed by atoms with van der Waals surface area (Å²) in [7, 11) is 0. The van der Waals surface area contributed by atoms with Crippen molar-refractivity contribution in [1.29, 1.82) is 0 Å². The van der Waals surface area contributed by atoms with Gasteiger partial charge in [-0.15, -0.1) is 0 Å². The molecular formula is C33H31N3O12. The molecule has 2 aliphatic heterocycles. The SMILES string of the molecule is CC(=O)OCC1O[C@@H](n2c(O)c(C3=c4cc(C#CCCO)cnc4=NC3=O)c3ccccc32)C(OC(C)=O)C(OC(C)=O)[C@@H]1OC(C)=O.